The van der Waals surface area contributed by atoms with Crippen LogP contribution >= 0.6 is 12.4 Å². The predicted octanol–water partition coefficient (Wildman–Crippen LogP) is 1.83. The normalized spacial score (nSPS) is 16.3. The molecule has 23 heavy (non-hydrogen) atoms. The molecule has 1 amide bonds. The quantitative estimate of drug-likeness (QED) is 0.737. The van der Waals surface area contributed by atoms with E-state index < -0.39 is 6.04 Å². The first-order chi connectivity index (χ1) is 10.7. The fraction of sp³-hybridized carbons (Fsp3) is 0.562. The second-order valence-corrected chi connectivity index (χ2v) is 5.33. The number of nitrogens with two attached hydrogens (primary N) is 1. The summed E-state index contributed by atoms with van der Waals surface area (Å²) in [7, 11) is 1.63. The Morgan fingerprint density at radius 3 is 2.57 bits per heavy atom. The zero-order valence-electron chi connectivity index (χ0n) is 13.3. The summed E-state index contributed by atoms with van der Waals surface area (Å²) < 4.78 is 15.7. The lowest BCUT2D eigenvalue weighted by atomic mass is 9.92. The molecule has 1 aromatic carbocycles. The van der Waals surface area contributed by atoms with Crippen LogP contribution in [0.15, 0.2) is 24.3 Å². The summed E-state index contributed by atoms with van der Waals surface area (Å²) in [4.78, 5) is 12.2. The molecule has 1 aliphatic heterocycles. The molecule has 1 aliphatic rings. The fourth-order valence-electron chi connectivity index (χ4n) is 2.39. The number of nitrogens with one attached hydrogen (secondary N) is 1. The van der Waals surface area contributed by atoms with Crippen molar-refractivity contribution in [1.29, 1.82) is 0 Å². The van der Waals surface area contributed by atoms with Gasteiger partial charge in [-0.25, -0.2) is 0 Å². The van der Waals surface area contributed by atoms with Gasteiger partial charge in [0.2, 0.25) is 5.91 Å². The van der Waals surface area contributed by atoms with Gasteiger partial charge in [0.1, 0.15) is 12.4 Å². The number of benzene rings is 1. The Labute approximate surface area is 143 Å². The highest BCUT2D eigenvalue weighted by atomic mass is 35.5. The van der Waals surface area contributed by atoms with Gasteiger partial charge in [0.15, 0.2) is 0 Å². The van der Waals surface area contributed by atoms with Crippen molar-refractivity contribution in [3.8, 4) is 5.75 Å². The molecule has 3 N–H and O–H groups in total. The maximum atomic E-state index is 12.2. The van der Waals surface area contributed by atoms with Gasteiger partial charge in [-0.05, 0) is 43.0 Å². The van der Waals surface area contributed by atoms with Gasteiger partial charge in [0.25, 0.3) is 0 Å². The van der Waals surface area contributed by atoms with Crippen LogP contribution in [-0.4, -0.2) is 45.5 Å². The molecule has 1 saturated heterocycles. The number of methoxy groups -OCH3 is 1. The average Bonchev–Trinajstić information content (AvgIpc) is 2.57. The van der Waals surface area contributed by atoms with Crippen molar-refractivity contribution >= 4 is 24.0 Å². The van der Waals surface area contributed by atoms with E-state index >= 15 is 0 Å². The maximum absolute atomic E-state index is 12.2. The van der Waals surface area contributed by atoms with E-state index in [0.29, 0.717) is 32.1 Å². The summed E-state index contributed by atoms with van der Waals surface area (Å²) in [5.41, 5.74) is 6.76. The third-order valence-electron chi connectivity index (χ3n) is 3.75. The van der Waals surface area contributed by atoms with Gasteiger partial charge in [-0.1, -0.05) is 0 Å². The highest BCUT2D eigenvalue weighted by Gasteiger charge is 2.26. The van der Waals surface area contributed by atoms with E-state index in [0.717, 1.165) is 18.6 Å². The minimum absolute atomic E-state index is 0. The van der Waals surface area contributed by atoms with Gasteiger partial charge in [-0.15, -0.1) is 12.4 Å². The molecule has 1 aromatic rings. The van der Waals surface area contributed by atoms with Crippen molar-refractivity contribution in [2.75, 3.05) is 38.9 Å². The predicted molar refractivity (Wildman–Crippen MR) is 91.2 cm³/mol. The van der Waals surface area contributed by atoms with Crippen molar-refractivity contribution in [1.82, 2.24) is 0 Å². The molecule has 7 heteroatoms. The van der Waals surface area contributed by atoms with E-state index in [1.165, 1.54) is 0 Å². The molecule has 0 spiro atoms. The van der Waals surface area contributed by atoms with Crippen LogP contribution in [0, 0.1) is 5.92 Å². The molecule has 0 aromatic heterocycles. The monoisotopic (exact) mass is 344 g/mol. The molecule has 1 fully saturated rings. The Bertz CT molecular complexity index is 464. The van der Waals surface area contributed by atoms with Crippen molar-refractivity contribution in [2.24, 2.45) is 11.7 Å². The average molecular weight is 345 g/mol. The van der Waals surface area contributed by atoms with Crippen molar-refractivity contribution < 1.29 is 19.0 Å². The molecule has 0 radical (unpaired) electrons. The van der Waals surface area contributed by atoms with Crippen LogP contribution in [0.5, 0.6) is 5.75 Å². The second kappa shape index (κ2) is 10.4. The Morgan fingerprint density at radius 2 is 1.96 bits per heavy atom. The Morgan fingerprint density at radius 1 is 1.30 bits per heavy atom. The number of anilines is 1. The van der Waals surface area contributed by atoms with Crippen LogP contribution < -0.4 is 15.8 Å². The largest absolute Gasteiger partial charge is 0.491 e. The van der Waals surface area contributed by atoms with E-state index in [-0.39, 0.29) is 24.2 Å². The number of rotatable bonds is 7. The minimum Gasteiger partial charge on any atom is -0.491 e. The number of ether oxygens (including phenoxy) is 3. The number of hydrogen-bond donors (Lipinski definition) is 2. The Kier molecular flexibility index (Phi) is 8.94. The fourth-order valence-corrected chi connectivity index (χ4v) is 2.39. The van der Waals surface area contributed by atoms with Gasteiger partial charge in [-0.3, -0.25) is 4.79 Å². The molecule has 1 heterocycles. The van der Waals surface area contributed by atoms with Crippen LogP contribution in [0.25, 0.3) is 0 Å². The van der Waals surface area contributed by atoms with E-state index in [1.807, 2.05) is 12.1 Å². The van der Waals surface area contributed by atoms with E-state index in [4.69, 9.17) is 19.9 Å². The van der Waals surface area contributed by atoms with Gasteiger partial charge >= 0.3 is 0 Å². The zero-order chi connectivity index (χ0) is 15.8. The second-order valence-electron chi connectivity index (χ2n) is 5.33. The first-order valence-electron chi connectivity index (χ1n) is 7.56. The maximum Gasteiger partial charge on any atom is 0.241 e. The van der Waals surface area contributed by atoms with Crippen LogP contribution in [0.3, 0.4) is 0 Å². The van der Waals surface area contributed by atoms with Crippen LogP contribution in [0.4, 0.5) is 5.69 Å². The zero-order valence-corrected chi connectivity index (χ0v) is 14.1. The number of carbonyl (C=O) groups is 1. The van der Waals surface area contributed by atoms with Crippen LogP contribution in [0.1, 0.15) is 12.8 Å². The van der Waals surface area contributed by atoms with Gasteiger partial charge < -0.3 is 25.3 Å². The molecule has 2 rings (SSSR count). The SMILES string of the molecule is COCCOc1ccc(NC(=O)C(N)C2CCOCC2)cc1.Cl. The summed E-state index contributed by atoms with van der Waals surface area (Å²) in [6.07, 6.45) is 1.67. The molecule has 130 valence electrons. The smallest absolute Gasteiger partial charge is 0.241 e. The van der Waals surface area contributed by atoms with Gasteiger partial charge in [0.05, 0.1) is 12.6 Å². The topological polar surface area (TPSA) is 82.8 Å². The van der Waals surface area contributed by atoms with E-state index in [1.54, 1.807) is 19.2 Å². The summed E-state index contributed by atoms with van der Waals surface area (Å²) in [5.74, 6) is 0.772. The lowest BCUT2D eigenvalue weighted by Crippen LogP contribution is -2.43. The molecular weight excluding hydrogens is 320 g/mol. The minimum atomic E-state index is -0.499. The summed E-state index contributed by atoms with van der Waals surface area (Å²) in [6, 6.07) is 6.73. The van der Waals surface area contributed by atoms with Crippen molar-refractivity contribution in [2.45, 2.75) is 18.9 Å². The number of hydrogen-bond acceptors (Lipinski definition) is 5. The third kappa shape index (κ3) is 6.35. The van der Waals surface area contributed by atoms with E-state index in [9.17, 15) is 4.79 Å². The Hall–Kier alpha value is -1.34. The lowest BCUT2D eigenvalue weighted by Gasteiger charge is -2.26. The summed E-state index contributed by atoms with van der Waals surface area (Å²) >= 11 is 0. The highest BCUT2D eigenvalue weighted by molar-refractivity contribution is 5.94. The van der Waals surface area contributed by atoms with Crippen LogP contribution in [0.2, 0.25) is 0 Å². The molecule has 6 nitrogen and oxygen atoms in total. The molecule has 0 saturated carbocycles. The van der Waals surface area contributed by atoms with E-state index in [2.05, 4.69) is 5.32 Å². The van der Waals surface area contributed by atoms with Crippen molar-refractivity contribution in [3.05, 3.63) is 24.3 Å². The summed E-state index contributed by atoms with van der Waals surface area (Å²) in [6.45, 7) is 2.40. The number of carbonyl (C=O) groups excluding carboxylic acids is 1. The standard InChI is InChI=1S/C16H24N2O4.ClH/c1-20-10-11-22-14-4-2-13(3-5-14)18-16(19)15(17)12-6-8-21-9-7-12;/h2-5,12,15H,6-11,17H2,1H3,(H,18,19);1H. The third-order valence-corrected chi connectivity index (χ3v) is 3.75. The first kappa shape index (κ1) is 19.7. The van der Waals surface area contributed by atoms with Crippen LogP contribution in [-0.2, 0) is 14.3 Å². The van der Waals surface area contributed by atoms with Crippen molar-refractivity contribution in [3.63, 3.8) is 0 Å². The molecule has 0 aliphatic carbocycles. The molecule has 0 bridgehead atoms. The lowest BCUT2D eigenvalue weighted by molar-refractivity contribution is -0.119. The molecular formula is C16H25ClN2O4. The molecule has 1 atom stereocenters. The number of amides is 1. The highest BCUT2D eigenvalue weighted by Crippen LogP contribution is 2.20. The van der Waals surface area contributed by atoms with Gasteiger partial charge in [0, 0.05) is 26.0 Å². The summed E-state index contributed by atoms with van der Waals surface area (Å²) in [5, 5.41) is 2.85. The Balaban J connectivity index is 0.00000264. The number of halogens is 1. The van der Waals surface area contributed by atoms with Gasteiger partial charge in [-0.2, -0.15) is 0 Å². The first-order valence-corrected chi connectivity index (χ1v) is 7.56. The molecule has 1 unspecified atom stereocenters.